The summed E-state index contributed by atoms with van der Waals surface area (Å²) in [6.45, 7) is 0. The minimum absolute atomic E-state index is 0.335. The number of halogens is 1. The Morgan fingerprint density at radius 2 is 1.80 bits per heavy atom. The molecule has 15 heavy (non-hydrogen) atoms. The first-order valence-electron chi connectivity index (χ1n) is 4.76. The van der Waals surface area contributed by atoms with Gasteiger partial charge in [0.1, 0.15) is 5.75 Å². The summed E-state index contributed by atoms with van der Waals surface area (Å²) in [7, 11) is 0. The van der Waals surface area contributed by atoms with Gasteiger partial charge in [-0.25, -0.2) is 0 Å². The van der Waals surface area contributed by atoms with Crippen molar-refractivity contribution in [1.82, 2.24) is 0 Å². The highest BCUT2D eigenvalue weighted by Crippen LogP contribution is 2.27. The van der Waals surface area contributed by atoms with Crippen molar-refractivity contribution >= 4 is 32.8 Å². The van der Waals surface area contributed by atoms with Crippen LogP contribution >= 0.6 is 15.9 Å². The van der Waals surface area contributed by atoms with Crippen LogP contribution in [-0.4, -0.2) is 10.4 Å². The fraction of sp³-hybridized carbons (Fsp3) is 0.0769. The van der Waals surface area contributed by atoms with Crippen molar-refractivity contribution in [1.29, 1.82) is 0 Å². The molecule has 76 valence electrons. The van der Waals surface area contributed by atoms with Gasteiger partial charge in [0.15, 0.2) is 0 Å². The number of rotatable bonds is 2. The molecule has 0 bridgehead atoms. The maximum absolute atomic E-state index is 9.69. The average Bonchev–Trinajstić information content (AvgIpc) is 2.29. The van der Waals surface area contributed by atoms with E-state index in [0.29, 0.717) is 5.75 Å². The van der Waals surface area contributed by atoms with Crippen LogP contribution in [0.2, 0.25) is 0 Å². The largest absolute Gasteiger partial charge is 0.507 e. The molecule has 0 amide bonds. The average molecular weight is 263 g/mol. The van der Waals surface area contributed by atoms with Gasteiger partial charge in [-0.2, -0.15) is 0 Å². The van der Waals surface area contributed by atoms with Gasteiger partial charge in [-0.1, -0.05) is 58.4 Å². The van der Waals surface area contributed by atoms with Crippen LogP contribution in [0.25, 0.3) is 16.8 Å². The lowest BCUT2D eigenvalue weighted by Gasteiger charge is -2.04. The van der Waals surface area contributed by atoms with Crippen LogP contribution in [0.3, 0.4) is 0 Å². The standard InChI is InChI=1S/C13H11BrO/c14-9-3-4-10-7-8-13(15)12-6-2-1-5-11(10)12/h1-8,15H,9H2. The van der Waals surface area contributed by atoms with Gasteiger partial charge in [0, 0.05) is 10.7 Å². The number of phenols is 1. The van der Waals surface area contributed by atoms with Gasteiger partial charge in [0.2, 0.25) is 0 Å². The van der Waals surface area contributed by atoms with Gasteiger partial charge in [-0.05, 0) is 17.0 Å². The summed E-state index contributed by atoms with van der Waals surface area (Å²) in [6, 6.07) is 11.5. The molecular formula is C13H11BrO. The lowest BCUT2D eigenvalue weighted by atomic mass is 10.0. The molecule has 0 spiro atoms. The lowest BCUT2D eigenvalue weighted by Crippen LogP contribution is -1.79. The van der Waals surface area contributed by atoms with Crippen molar-refractivity contribution in [3.63, 3.8) is 0 Å². The molecule has 0 saturated heterocycles. The zero-order valence-electron chi connectivity index (χ0n) is 8.15. The summed E-state index contributed by atoms with van der Waals surface area (Å²) in [4.78, 5) is 0. The fourth-order valence-corrected chi connectivity index (χ4v) is 1.81. The second-order valence-electron chi connectivity index (χ2n) is 3.28. The number of alkyl halides is 1. The number of allylic oxidation sites excluding steroid dienone is 1. The maximum atomic E-state index is 9.69. The molecule has 2 aromatic carbocycles. The fourth-order valence-electron chi connectivity index (χ4n) is 1.62. The monoisotopic (exact) mass is 262 g/mol. The highest BCUT2D eigenvalue weighted by atomic mass is 79.9. The Morgan fingerprint density at radius 3 is 2.53 bits per heavy atom. The third kappa shape index (κ3) is 2.05. The van der Waals surface area contributed by atoms with Crippen LogP contribution in [0.15, 0.2) is 42.5 Å². The minimum Gasteiger partial charge on any atom is -0.507 e. The van der Waals surface area contributed by atoms with Crippen molar-refractivity contribution in [2.75, 3.05) is 5.33 Å². The second-order valence-corrected chi connectivity index (χ2v) is 3.92. The Kier molecular flexibility index (Phi) is 3.07. The van der Waals surface area contributed by atoms with Crippen molar-refractivity contribution in [2.24, 2.45) is 0 Å². The van der Waals surface area contributed by atoms with Gasteiger partial charge in [0.25, 0.3) is 0 Å². The number of hydrogen-bond acceptors (Lipinski definition) is 1. The smallest absolute Gasteiger partial charge is 0.123 e. The molecule has 0 unspecified atom stereocenters. The molecule has 2 heteroatoms. The molecule has 2 aromatic rings. The molecule has 0 heterocycles. The predicted octanol–water partition coefficient (Wildman–Crippen LogP) is 3.95. The van der Waals surface area contributed by atoms with Gasteiger partial charge in [-0.15, -0.1) is 0 Å². The Morgan fingerprint density at radius 1 is 1.07 bits per heavy atom. The molecule has 0 aromatic heterocycles. The third-order valence-corrected chi connectivity index (χ3v) is 2.70. The van der Waals surface area contributed by atoms with Crippen molar-refractivity contribution < 1.29 is 5.11 Å². The molecule has 1 N–H and O–H groups in total. The van der Waals surface area contributed by atoms with E-state index < -0.39 is 0 Å². The third-order valence-electron chi connectivity index (χ3n) is 2.32. The molecule has 0 aliphatic rings. The predicted molar refractivity (Wildman–Crippen MR) is 68.4 cm³/mol. The highest BCUT2D eigenvalue weighted by Gasteiger charge is 2.01. The Labute approximate surface area is 97.2 Å². The number of hydrogen-bond donors (Lipinski definition) is 1. The van der Waals surface area contributed by atoms with Crippen LogP contribution in [-0.2, 0) is 0 Å². The van der Waals surface area contributed by atoms with Gasteiger partial charge < -0.3 is 5.11 Å². The minimum atomic E-state index is 0.335. The van der Waals surface area contributed by atoms with E-state index in [-0.39, 0.29) is 0 Å². The van der Waals surface area contributed by atoms with Crippen molar-refractivity contribution in [2.45, 2.75) is 0 Å². The number of phenolic OH excluding ortho intramolecular Hbond substituents is 1. The molecular weight excluding hydrogens is 252 g/mol. The first-order valence-corrected chi connectivity index (χ1v) is 5.88. The summed E-state index contributed by atoms with van der Waals surface area (Å²) in [5, 5.41) is 12.5. The summed E-state index contributed by atoms with van der Waals surface area (Å²) >= 11 is 3.35. The van der Waals surface area contributed by atoms with E-state index in [4.69, 9.17) is 0 Å². The van der Waals surface area contributed by atoms with Crippen LogP contribution in [0.5, 0.6) is 5.75 Å². The normalized spacial score (nSPS) is 11.3. The molecule has 0 saturated carbocycles. The number of fused-ring (bicyclic) bond motifs is 1. The van der Waals surface area contributed by atoms with Gasteiger partial charge in [-0.3, -0.25) is 0 Å². The van der Waals surface area contributed by atoms with Crippen LogP contribution in [0.4, 0.5) is 0 Å². The molecule has 2 rings (SSSR count). The number of benzene rings is 2. The quantitative estimate of drug-likeness (QED) is 0.813. The van der Waals surface area contributed by atoms with Crippen LogP contribution < -0.4 is 0 Å². The highest BCUT2D eigenvalue weighted by molar-refractivity contribution is 9.09. The maximum Gasteiger partial charge on any atom is 0.123 e. The summed E-state index contributed by atoms with van der Waals surface area (Å²) in [5.41, 5.74) is 1.13. The topological polar surface area (TPSA) is 20.2 Å². The first kappa shape index (κ1) is 10.2. The Balaban J connectivity index is 2.66. The van der Waals surface area contributed by atoms with Gasteiger partial charge >= 0.3 is 0 Å². The Bertz CT molecular complexity index is 503. The number of aromatic hydroxyl groups is 1. The van der Waals surface area contributed by atoms with Crippen LogP contribution in [0.1, 0.15) is 5.56 Å². The molecule has 1 nitrogen and oxygen atoms in total. The second kappa shape index (κ2) is 4.49. The lowest BCUT2D eigenvalue weighted by molar-refractivity contribution is 0.481. The van der Waals surface area contributed by atoms with E-state index in [0.717, 1.165) is 21.7 Å². The summed E-state index contributed by atoms with van der Waals surface area (Å²) in [5.74, 6) is 0.335. The van der Waals surface area contributed by atoms with E-state index in [1.54, 1.807) is 6.07 Å². The summed E-state index contributed by atoms with van der Waals surface area (Å²) < 4.78 is 0. The Hall–Kier alpha value is -1.28. The molecule has 0 fully saturated rings. The molecule has 0 aliphatic heterocycles. The molecule has 0 aliphatic carbocycles. The molecule has 0 radical (unpaired) electrons. The SMILES string of the molecule is Oc1ccc(C=CCBr)c2ccccc12. The van der Waals surface area contributed by atoms with Crippen molar-refractivity contribution in [3.8, 4) is 5.75 Å². The van der Waals surface area contributed by atoms with Crippen LogP contribution in [0, 0.1) is 0 Å². The zero-order chi connectivity index (χ0) is 10.7. The zero-order valence-corrected chi connectivity index (χ0v) is 9.74. The van der Waals surface area contributed by atoms with E-state index in [2.05, 4.69) is 22.0 Å². The van der Waals surface area contributed by atoms with E-state index in [1.165, 1.54) is 0 Å². The van der Waals surface area contributed by atoms with Crippen molar-refractivity contribution in [3.05, 3.63) is 48.0 Å². The first-order chi connectivity index (χ1) is 7.33. The van der Waals surface area contributed by atoms with E-state index in [1.807, 2.05) is 36.4 Å². The van der Waals surface area contributed by atoms with E-state index >= 15 is 0 Å². The summed E-state index contributed by atoms with van der Waals surface area (Å²) in [6.07, 6.45) is 4.09. The molecule has 0 atom stereocenters. The van der Waals surface area contributed by atoms with Gasteiger partial charge in [0.05, 0.1) is 0 Å². The van der Waals surface area contributed by atoms with E-state index in [9.17, 15) is 5.11 Å².